The van der Waals surface area contributed by atoms with Gasteiger partial charge >= 0.3 is 0 Å². The molecule has 0 saturated carbocycles. The van der Waals surface area contributed by atoms with Crippen LogP contribution < -0.4 is 5.73 Å². The predicted octanol–water partition coefficient (Wildman–Crippen LogP) is 3.12. The van der Waals surface area contributed by atoms with E-state index in [0.29, 0.717) is 10.9 Å². The van der Waals surface area contributed by atoms with E-state index in [9.17, 15) is 4.79 Å². The molecule has 0 radical (unpaired) electrons. The van der Waals surface area contributed by atoms with Gasteiger partial charge in [-0.15, -0.1) is 0 Å². The fraction of sp³-hybridized carbons (Fsp3) is 0.867. The number of nitrogens with zero attached hydrogens (tertiary/aromatic N) is 1. The standard InChI is InChI=1S/C15H28N2OS/c1-4-12-6-7-13(18)17(11-8-12)10-5-9-15(2,3)14(16)19/h12H,4-11H2,1-3H3,(H2,16,19). The third-order valence-corrected chi connectivity index (χ3v) is 4.95. The molecule has 19 heavy (non-hydrogen) atoms. The van der Waals surface area contributed by atoms with Crippen molar-refractivity contribution < 1.29 is 4.79 Å². The van der Waals surface area contributed by atoms with Crippen LogP contribution in [-0.2, 0) is 4.79 Å². The third kappa shape index (κ3) is 5.09. The Balaban J connectivity index is 2.40. The number of amides is 1. The lowest BCUT2D eigenvalue weighted by Gasteiger charge is -2.26. The number of hydrogen-bond donors (Lipinski definition) is 1. The van der Waals surface area contributed by atoms with Gasteiger partial charge in [-0.3, -0.25) is 4.79 Å². The van der Waals surface area contributed by atoms with Crippen molar-refractivity contribution >= 4 is 23.1 Å². The van der Waals surface area contributed by atoms with Crippen LogP contribution in [0.2, 0.25) is 0 Å². The molecule has 0 spiro atoms. The van der Waals surface area contributed by atoms with Crippen molar-refractivity contribution in [3.63, 3.8) is 0 Å². The predicted molar refractivity (Wildman–Crippen MR) is 84.0 cm³/mol. The van der Waals surface area contributed by atoms with E-state index < -0.39 is 0 Å². The van der Waals surface area contributed by atoms with Crippen molar-refractivity contribution in [2.24, 2.45) is 17.1 Å². The zero-order chi connectivity index (χ0) is 14.5. The van der Waals surface area contributed by atoms with E-state index in [-0.39, 0.29) is 5.41 Å². The molecule has 4 heteroatoms. The first-order valence-electron chi connectivity index (χ1n) is 7.44. The van der Waals surface area contributed by atoms with Crippen molar-refractivity contribution in [1.82, 2.24) is 4.90 Å². The quantitative estimate of drug-likeness (QED) is 0.762. The molecule has 1 heterocycles. The minimum Gasteiger partial charge on any atom is -0.393 e. The molecule has 1 fully saturated rings. The fourth-order valence-corrected chi connectivity index (χ4v) is 2.68. The zero-order valence-electron chi connectivity index (χ0n) is 12.6. The summed E-state index contributed by atoms with van der Waals surface area (Å²) >= 11 is 5.07. The second kappa shape index (κ2) is 7.22. The molecule has 1 unspecified atom stereocenters. The van der Waals surface area contributed by atoms with Crippen LogP contribution in [0, 0.1) is 11.3 Å². The lowest BCUT2D eigenvalue weighted by molar-refractivity contribution is -0.130. The zero-order valence-corrected chi connectivity index (χ0v) is 13.4. The number of carbonyl (C=O) groups excluding carboxylic acids is 1. The highest BCUT2D eigenvalue weighted by Gasteiger charge is 2.24. The number of rotatable bonds is 6. The Morgan fingerprint density at radius 1 is 1.47 bits per heavy atom. The van der Waals surface area contributed by atoms with E-state index in [0.717, 1.165) is 51.1 Å². The number of carbonyl (C=O) groups is 1. The molecular formula is C15H28N2OS. The smallest absolute Gasteiger partial charge is 0.222 e. The first-order valence-corrected chi connectivity index (χ1v) is 7.85. The second-order valence-electron chi connectivity index (χ2n) is 6.33. The van der Waals surface area contributed by atoms with Crippen molar-refractivity contribution in [2.45, 2.75) is 59.3 Å². The largest absolute Gasteiger partial charge is 0.393 e. The number of thiocarbonyl (C=S) groups is 1. The Morgan fingerprint density at radius 3 is 2.74 bits per heavy atom. The first kappa shape index (κ1) is 16.4. The summed E-state index contributed by atoms with van der Waals surface area (Å²) in [5.74, 6) is 1.05. The summed E-state index contributed by atoms with van der Waals surface area (Å²) in [6.07, 6.45) is 6.05. The lowest BCUT2D eigenvalue weighted by Crippen LogP contribution is -2.34. The lowest BCUT2D eigenvalue weighted by atomic mass is 9.88. The van der Waals surface area contributed by atoms with Crippen LogP contribution in [-0.4, -0.2) is 28.9 Å². The van der Waals surface area contributed by atoms with Crippen molar-refractivity contribution in [3.05, 3.63) is 0 Å². The molecular weight excluding hydrogens is 256 g/mol. The van der Waals surface area contributed by atoms with Crippen molar-refractivity contribution in [3.8, 4) is 0 Å². The molecule has 3 nitrogen and oxygen atoms in total. The van der Waals surface area contributed by atoms with Gasteiger partial charge in [-0.1, -0.05) is 39.4 Å². The second-order valence-corrected chi connectivity index (χ2v) is 6.77. The summed E-state index contributed by atoms with van der Waals surface area (Å²) in [6.45, 7) is 8.14. The Hall–Kier alpha value is -0.640. The van der Waals surface area contributed by atoms with E-state index in [1.807, 2.05) is 4.90 Å². The van der Waals surface area contributed by atoms with E-state index in [4.69, 9.17) is 18.0 Å². The summed E-state index contributed by atoms with van der Waals surface area (Å²) in [4.78, 5) is 14.6. The van der Waals surface area contributed by atoms with Gasteiger partial charge in [0.2, 0.25) is 5.91 Å². The molecule has 1 saturated heterocycles. The number of nitrogens with two attached hydrogens (primary N) is 1. The molecule has 2 N–H and O–H groups in total. The molecule has 1 rings (SSSR count). The molecule has 1 amide bonds. The SMILES string of the molecule is CCC1CCC(=O)N(CCCC(C)(C)C(N)=S)CC1. The maximum atomic E-state index is 12.0. The van der Waals surface area contributed by atoms with Crippen molar-refractivity contribution in [2.75, 3.05) is 13.1 Å². The summed E-state index contributed by atoms with van der Waals surface area (Å²) < 4.78 is 0. The van der Waals surface area contributed by atoms with Gasteiger partial charge in [0.25, 0.3) is 0 Å². The summed E-state index contributed by atoms with van der Waals surface area (Å²) in [5, 5.41) is 0. The van der Waals surface area contributed by atoms with E-state index in [1.165, 1.54) is 6.42 Å². The van der Waals surface area contributed by atoms with Gasteiger partial charge < -0.3 is 10.6 Å². The van der Waals surface area contributed by atoms with Crippen LogP contribution in [0.15, 0.2) is 0 Å². The van der Waals surface area contributed by atoms with E-state index in [2.05, 4.69) is 20.8 Å². The molecule has 1 aliphatic heterocycles. The summed E-state index contributed by atoms with van der Waals surface area (Å²) in [6, 6.07) is 0. The van der Waals surface area contributed by atoms with Gasteiger partial charge in [0.15, 0.2) is 0 Å². The Bertz CT molecular complexity index is 328. The first-order chi connectivity index (χ1) is 8.86. The molecule has 1 atom stereocenters. The monoisotopic (exact) mass is 284 g/mol. The minimum absolute atomic E-state index is 0.101. The van der Waals surface area contributed by atoms with Crippen LogP contribution in [0.1, 0.15) is 59.3 Å². The highest BCUT2D eigenvalue weighted by atomic mass is 32.1. The van der Waals surface area contributed by atoms with Crippen molar-refractivity contribution in [1.29, 1.82) is 0 Å². The van der Waals surface area contributed by atoms with Gasteiger partial charge in [-0.05, 0) is 31.6 Å². The molecule has 0 aromatic heterocycles. The van der Waals surface area contributed by atoms with Gasteiger partial charge in [0, 0.05) is 24.9 Å². The van der Waals surface area contributed by atoms with Gasteiger partial charge in [-0.25, -0.2) is 0 Å². The Morgan fingerprint density at radius 2 is 2.16 bits per heavy atom. The Labute approximate surface area is 122 Å². The summed E-state index contributed by atoms with van der Waals surface area (Å²) in [5.41, 5.74) is 5.63. The minimum atomic E-state index is -0.101. The van der Waals surface area contributed by atoms with E-state index in [1.54, 1.807) is 0 Å². The maximum Gasteiger partial charge on any atom is 0.222 e. The molecule has 0 aromatic carbocycles. The topological polar surface area (TPSA) is 46.3 Å². The van der Waals surface area contributed by atoms with E-state index >= 15 is 0 Å². The third-order valence-electron chi connectivity index (χ3n) is 4.40. The van der Waals surface area contributed by atoms with Crippen LogP contribution in [0.3, 0.4) is 0 Å². The number of likely N-dealkylation sites (tertiary alicyclic amines) is 1. The molecule has 0 bridgehead atoms. The Kier molecular flexibility index (Phi) is 6.24. The molecule has 110 valence electrons. The number of hydrogen-bond acceptors (Lipinski definition) is 2. The molecule has 1 aliphatic rings. The normalized spacial score (nSPS) is 21.3. The average molecular weight is 284 g/mol. The van der Waals surface area contributed by atoms with Crippen LogP contribution in [0.4, 0.5) is 0 Å². The summed E-state index contributed by atoms with van der Waals surface area (Å²) in [7, 11) is 0. The highest BCUT2D eigenvalue weighted by Crippen LogP contribution is 2.24. The maximum absolute atomic E-state index is 12.0. The fourth-order valence-electron chi connectivity index (χ4n) is 2.57. The van der Waals surface area contributed by atoms with Crippen LogP contribution in [0.5, 0.6) is 0 Å². The van der Waals surface area contributed by atoms with Gasteiger partial charge in [-0.2, -0.15) is 0 Å². The van der Waals surface area contributed by atoms with Gasteiger partial charge in [0.05, 0.1) is 4.99 Å². The highest BCUT2D eigenvalue weighted by molar-refractivity contribution is 7.80. The molecule has 0 aromatic rings. The van der Waals surface area contributed by atoms with Gasteiger partial charge in [0.1, 0.15) is 0 Å². The molecule has 0 aliphatic carbocycles. The van der Waals surface area contributed by atoms with Crippen LogP contribution in [0.25, 0.3) is 0 Å². The average Bonchev–Trinajstić information content (AvgIpc) is 2.52. The van der Waals surface area contributed by atoms with Crippen LogP contribution >= 0.6 is 12.2 Å².